The van der Waals surface area contributed by atoms with Crippen LogP contribution in [-0.2, 0) is 4.79 Å². The first-order chi connectivity index (χ1) is 11.7. The number of carbonyl (C=O) groups is 1. The highest BCUT2D eigenvalue weighted by atomic mass is 32.2. The van der Waals surface area contributed by atoms with Crippen molar-refractivity contribution < 1.29 is 9.53 Å². The van der Waals surface area contributed by atoms with Crippen LogP contribution in [0.1, 0.15) is 18.8 Å². The number of benzene rings is 2. The van der Waals surface area contributed by atoms with Crippen LogP contribution in [0.15, 0.2) is 53.4 Å². The number of aromatic nitrogens is 2. The third kappa shape index (κ3) is 3.89. The highest BCUT2D eigenvalue weighted by Gasteiger charge is 2.13. The van der Waals surface area contributed by atoms with Crippen molar-refractivity contribution in [3.8, 4) is 5.75 Å². The van der Waals surface area contributed by atoms with Gasteiger partial charge in [-0.2, -0.15) is 0 Å². The predicted octanol–water partition coefficient (Wildman–Crippen LogP) is 3.54. The van der Waals surface area contributed by atoms with E-state index < -0.39 is 0 Å². The van der Waals surface area contributed by atoms with Crippen LogP contribution in [0.25, 0.3) is 11.0 Å². The van der Waals surface area contributed by atoms with Crippen LogP contribution in [0, 0.1) is 0 Å². The van der Waals surface area contributed by atoms with E-state index >= 15 is 0 Å². The molecule has 0 aliphatic rings. The summed E-state index contributed by atoms with van der Waals surface area (Å²) in [5.41, 5.74) is 1.87. The molecule has 5 nitrogen and oxygen atoms in total. The zero-order chi connectivity index (χ0) is 16.9. The van der Waals surface area contributed by atoms with E-state index in [1.54, 1.807) is 7.11 Å². The number of hydrogen-bond acceptors (Lipinski definition) is 4. The summed E-state index contributed by atoms with van der Waals surface area (Å²) in [6.07, 6.45) is 0. The Bertz CT molecular complexity index is 814. The maximum atomic E-state index is 12.2. The Labute approximate surface area is 144 Å². The first-order valence-corrected chi connectivity index (χ1v) is 8.65. The molecule has 3 aromatic rings. The van der Waals surface area contributed by atoms with Crippen molar-refractivity contribution in [1.82, 2.24) is 15.3 Å². The van der Waals surface area contributed by atoms with Crippen LogP contribution in [0.2, 0.25) is 0 Å². The number of hydrogen-bond donors (Lipinski definition) is 2. The van der Waals surface area contributed by atoms with Gasteiger partial charge < -0.3 is 15.0 Å². The van der Waals surface area contributed by atoms with Gasteiger partial charge in [0.1, 0.15) is 11.6 Å². The number of nitrogens with one attached hydrogen (secondary N) is 2. The fraction of sp³-hybridized carbons (Fsp3) is 0.222. The van der Waals surface area contributed by atoms with Crippen molar-refractivity contribution in [3.05, 3.63) is 54.4 Å². The molecule has 24 heavy (non-hydrogen) atoms. The molecule has 0 fully saturated rings. The maximum absolute atomic E-state index is 12.2. The molecule has 3 rings (SSSR count). The highest BCUT2D eigenvalue weighted by Crippen LogP contribution is 2.23. The van der Waals surface area contributed by atoms with Gasteiger partial charge in [-0.05, 0) is 37.3 Å². The number of amides is 1. The molecule has 0 spiro atoms. The standard InChI is InChI=1S/C18H19N3O2S/c1-12(18-20-15-8-3-4-9-16(15)21-18)19-17(22)11-24-14-7-5-6-13(10-14)23-2/h3-10,12H,11H2,1-2H3,(H,19,22)(H,20,21)/t12-/m1/s1. The van der Waals surface area contributed by atoms with Gasteiger partial charge in [0, 0.05) is 4.90 Å². The third-order valence-electron chi connectivity index (χ3n) is 3.61. The van der Waals surface area contributed by atoms with Crippen LogP contribution < -0.4 is 10.1 Å². The third-order valence-corrected chi connectivity index (χ3v) is 4.60. The Kier molecular flexibility index (Phi) is 5.05. The molecule has 1 amide bonds. The van der Waals surface area contributed by atoms with Crippen molar-refractivity contribution in [2.75, 3.05) is 12.9 Å². The van der Waals surface area contributed by atoms with E-state index in [0.717, 1.165) is 27.5 Å². The number of methoxy groups -OCH3 is 1. The number of fused-ring (bicyclic) bond motifs is 1. The van der Waals surface area contributed by atoms with E-state index in [2.05, 4.69) is 15.3 Å². The minimum atomic E-state index is -0.171. The van der Waals surface area contributed by atoms with E-state index in [1.165, 1.54) is 11.8 Å². The largest absolute Gasteiger partial charge is 0.497 e. The van der Waals surface area contributed by atoms with Gasteiger partial charge in [0.25, 0.3) is 0 Å². The molecular formula is C18H19N3O2S. The summed E-state index contributed by atoms with van der Waals surface area (Å²) >= 11 is 1.48. The number of rotatable bonds is 6. The molecule has 2 aromatic carbocycles. The molecule has 1 heterocycles. The summed E-state index contributed by atoms with van der Waals surface area (Å²) in [5.74, 6) is 1.86. The van der Waals surface area contributed by atoms with E-state index in [-0.39, 0.29) is 11.9 Å². The minimum Gasteiger partial charge on any atom is -0.497 e. The van der Waals surface area contributed by atoms with Gasteiger partial charge in [0.2, 0.25) is 5.91 Å². The molecule has 0 saturated heterocycles. The number of imidazole rings is 1. The Morgan fingerprint density at radius 1 is 1.29 bits per heavy atom. The Hall–Kier alpha value is -2.47. The van der Waals surface area contributed by atoms with E-state index in [9.17, 15) is 4.79 Å². The fourth-order valence-corrected chi connectivity index (χ4v) is 3.12. The van der Waals surface area contributed by atoms with Gasteiger partial charge in [-0.1, -0.05) is 18.2 Å². The predicted molar refractivity (Wildman–Crippen MR) is 96.4 cm³/mol. The van der Waals surface area contributed by atoms with Crippen LogP contribution >= 0.6 is 11.8 Å². The minimum absolute atomic E-state index is 0.0317. The molecule has 0 aliphatic heterocycles. The summed E-state index contributed by atoms with van der Waals surface area (Å²) in [7, 11) is 1.63. The van der Waals surface area contributed by atoms with E-state index in [4.69, 9.17) is 4.74 Å². The van der Waals surface area contributed by atoms with Gasteiger partial charge in [0.05, 0.1) is 29.9 Å². The second-order valence-corrected chi connectivity index (χ2v) is 6.44. The Morgan fingerprint density at radius 2 is 2.12 bits per heavy atom. The molecule has 1 atom stereocenters. The Morgan fingerprint density at radius 3 is 2.92 bits per heavy atom. The summed E-state index contributed by atoms with van der Waals surface area (Å²) in [5, 5.41) is 2.97. The van der Waals surface area contributed by atoms with Crippen LogP contribution in [-0.4, -0.2) is 28.7 Å². The molecule has 1 aromatic heterocycles. The zero-order valence-electron chi connectivity index (χ0n) is 13.6. The van der Waals surface area contributed by atoms with Crippen molar-refractivity contribution >= 4 is 28.7 Å². The average Bonchev–Trinajstić information content (AvgIpc) is 3.04. The first kappa shape index (κ1) is 16.4. The highest BCUT2D eigenvalue weighted by molar-refractivity contribution is 8.00. The number of carbonyl (C=O) groups excluding carboxylic acids is 1. The zero-order valence-corrected chi connectivity index (χ0v) is 14.4. The lowest BCUT2D eigenvalue weighted by Crippen LogP contribution is -2.28. The van der Waals surface area contributed by atoms with Gasteiger partial charge in [0.15, 0.2) is 0 Å². The molecule has 0 aliphatic carbocycles. The summed E-state index contributed by atoms with van der Waals surface area (Å²) < 4.78 is 5.19. The van der Waals surface area contributed by atoms with Gasteiger partial charge in [-0.15, -0.1) is 11.8 Å². The summed E-state index contributed by atoms with van der Waals surface area (Å²) in [6, 6.07) is 15.3. The number of thioether (sulfide) groups is 1. The lowest BCUT2D eigenvalue weighted by molar-refractivity contribution is -0.119. The number of H-pyrrole nitrogens is 1. The molecule has 0 bridgehead atoms. The van der Waals surface area contributed by atoms with Crippen molar-refractivity contribution in [3.63, 3.8) is 0 Å². The normalized spacial score (nSPS) is 12.1. The molecule has 124 valence electrons. The quantitative estimate of drug-likeness (QED) is 0.673. The van der Waals surface area contributed by atoms with E-state index in [0.29, 0.717) is 5.75 Å². The van der Waals surface area contributed by atoms with Crippen molar-refractivity contribution in [1.29, 1.82) is 0 Å². The smallest absolute Gasteiger partial charge is 0.230 e. The monoisotopic (exact) mass is 341 g/mol. The molecule has 2 N–H and O–H groups in total. The number of aromatic amines is 1. The number of para-hydroxylation sites is 2. The maximum Gasteiger partial charge on any atom is 0.230 e. The first-order valence-electron chi connectivity index (χ1n) is 7.66. The van der Waals surface area contributed by atoms with Gasteiger partial charge in [-0.3, -0.25) is 4.79 Å². The molecule has 6 heteroatoms. The van der Waals surface area contributed by atoms with Crippen molar-refractivity contribution in [2.45, 2.75) is 17.9 Å². The average molecular weight is 341 g/mol. The molecule has 0 unspecified atom stereocenters. The second kappa shape index (κ2) is 7.40. The lowest BCUT2D eigenvalue weighted by atomic mass is 10.3. The summed E-state index contributed by atoms with van der Waals surface area (Å²) in [4.78, 5) is 20.9. The van der Waals surface area contributed by atoms with Crippen LogP contribution in [0.3, 0.4) is 0 Å². The number of ether oxygens (including phenoxy) is 1. The van der Waals surface area contributed by atoms with Gasteiger partial charge >= 0.3 is 0 Å². The van der Waals surface area contributed by atoms with E-state index in [1.807, 2.05) is 55.5 Å². The summed E-state index contributed by atoms with van der Waals surface area (Å²) in [6.45, 7) is 1.92. The Balaban J connectivity index is 1.57. The second-order valence-electron chi connectivity index (χ2n) is 5.40. The fourth-order valence-electron chi connectivity index (χ4n) is 2.37. The van der Waals surface area contributed by atoms with Crippen molar-refractivity contribution in [2.24, 2.45) is 0 Å². The van der Waals surface area contributed by atoms with Crippen LogP contribution in [0.5, 0.6) is 5.75 Å². The van der Waals surface area contributed by atoms with Crippen LogP contribution in [0.4, 0.5) is 0 Å². The number of nitrogens with zero attached hydrogens (tertiary/aromatic N) is 1. The molecular weight excluding hydrogens is 322 g/mol. The lowest BCUT2D eigenvalue weighted by Gasteiger charge is -2.11. The SMILES string of the molecule is COc1cccc(SCC(=O)N[C@H](C)c2nc3ccccc3[nH]2)c1. The van der Waals surface area contributed by atoms with Gasteiger partial charge in [-0.25, -0.2) is 4.98 Å². The topological polar surface area (TPSA) is 67.0 Å². The molecule has 0 radical (unpaired) electrons. The molecule has 0 saturated carbocycles.